The van der Waals surface area contributed by atoms with Crippen molar-refractivity contribution in [1.82, 2.24) is 5.43 Å². The van der Waals surface area contributed by atoms with Gasteiger partial charge in [-0.1, -0.05) is 47.5 Å². The van der Waals surface area contributed by atoms with Crippen molar-refractivity contribution >= 4 is 11.6 Å². The number of nitrogens with two attached hydrogens (primary N) is 1. The first-order chi connectivity index (χ1) is 9.60. The Kier molecular flexibility index (Phi) is 5.12. The van der Waals surface area contributed by atoms with Crippen LogP contribution < -0.4 is 11.3 Å². The highest BCUT2D eigenvalue weighted by Crippen LogP contribution is 2.21. The molecule has 4 heteroatoms. The van der Waals surface area contributed by atoms with E-state index in [-0.39, 0.29) is 11.9 Å². The summed E-state index contributed by atoms with van der Waals surface area (Å²) in [7, 11) is 0. The van der Waals surface area contributed by atoms with Gasteiger partial charge in [-0.05, 0) is 37.5 Å². The highest BCUT2D eigenvalue weighted by molar-refractivity contribution is 6.31. The van der Waals surface area contributed by atoms with Gasteiger partial charge < -0.3 is 0 Å². The Morgan fingerprint density at radius 3 is 2.60 bits per heavy atom. The average Bonchev–Trinajstić information content (AvgIpc) is 2.42. The highest BCUT2D eigenvalue weighted by Gasteiger charge is 2.14. The predicted molar refractivity (Wildman–Crippen MR) is 81.1 cm³/mol. The molecule has 1 unspecified atom stereocenters. The van der Waals surface area contributed by atoms with Gasteiger partial charge in [0.05, 0.1) is 0 Å². The minimum atomic E-state index is -0.290. The van der Waals surface area contributed by atoms with Crippen LogP contribution in [0, 0.1) is 12.7 Å². The maximum Gasteiger partial charge on any atom is 0.127 e. The molecule has 20 heavy (non-hydrogen) atoms. The van der Waals surface area contributed by atoms with Gasteiger partial charge in [-0.2, -0.15) is 0 Å². The number of hydrogen-bond acceptors (Lipinski definition) is 2. The van der Waals surface area contributed by atoms with Crippen molar-refractivity contribution in [2.45, 2.75) is 25.8 Å². The van der Waals surface area contributed by atoms with Crippen LogP contribution in [-0.4, -0.2) is 6.04 Å². The number of aryl methyl sites for hydroxylation is 1. The van der Waals surface area contributed by atoms with Gasteiger partial charge in [0.2, 0.25) is 0 Å². The normalized spacial score (nSPS) is 12.4. The average molecular weight is 293 g/mol. The van der Waals surface area contributed by atoms with Gasteiger partial charge in [0.25, 0.3) is 0 Å². The van der Waals surface area contributed by atoms with Gasteiger partial charge >= 0.3 is 0 Å². The molecule has 0 spiro atoms. The quantitative estimate of drug-likeness (QED) is 0.655. The molecule has 0 fully saturated rings. The second-order valence-electron chi connectivity index (χ2n) is 4.96. The van der Waals surface area contributed by atoms with E-state index in [9.17, 15) is 4.39 Å². The van der Waals surface area contributed by atoms with Crippen LogP contribution in [0.5, 0.6) is 0 Å². The molecule has 1 atom stereocenters. The van der Waals surface area contributed by atoms with Crippen LogP contribution in [0.25, 0.3) is 0 Å². The molecule has 0 heterocycles. The molecule has 2 rings (SSSR count). The first kappa shape index (κ1) is 15.0. The fourth-order valence-electron chi connectivity index (χ4n) is 2.29. The molecule has 0 aliphatic carbocycles. The molecule has 0 aliphatic rings. The maximum atomic E-state index is 13.8. The topological polar surface area (TPSA) is 38.0 Å². The van der Waals surface area contributed by atoms with Crippen molar-refractivity contribution in [2.75, 3.05) is 0 Å². The fourth-order valence-corrected chi connectivity index (χ4v) is 2.53. The number of hydrogen-bond donors (Lipinski definition) is 2. The van der Waals surface area contributed by atoms with Gasteiger partial charge in [0.15, 0.2) is 0 Å². The monoisotopic (exact) mass is 292 g/mol. The number of rotatable bonds is 5. The van der Waals surface area contributed by atoms with E-state index in [2.05, 4.69) is 11.5 Å². The van der Waals surface area contributed by atoms with Crippen molar-refractivity contribution in [3.05, 3.63) is 70.0 Å². The van der Waals surface area contributed by atoms with Crippen molar-refractivity contribution in [3.8, 4) is 0 Å². The lowest BCUT2D eigenvalue weighted by Crippen LogP contribution is -2.38. The fraction of sp³-hybridized carbons (Fsp3) is 0.250. The molecule has 0 saturated heterocycles. The van der Waals surface area contributed by atoms with E-state index in [0.717, 1.165) is 6.42 Å². The molecular formula is C16H18ClFN2. The summed E-state index contributed by atoms with van der Waals surface area (Å²) in [6.45, 7) is 2.04. The Hall–Kier alpha value is -1.42. The van der Waals surface area contributed by atoms with Crippen LogP contribution in [0.4, 0.5) is 4.39 Å². The van der Waals surface area contributed by atoms with Crippen LogP contribution >= 0.6 is 11.6 Å². The lowest BCUT2D eigenvalue weighted by molar-refractivity contribution is 0.506. The van der Waals surface area contributed by atoms with Gasteiger partial charge in [-0.25, -0.2) is 4.39 Å². The summed E-state index contributed by atoms with van der Waals surface area (Å²) < 4.78 is 13.8. The molecular weight excluding hydrogens is 275 g/mol. The Bertz CT molecular complexity index is 566. The van der Waals surface area contributed by atoms with Gasteiger partial charge in [-0.15, -0.1) is 0 Å². The van der Waals surface area contributed by atoms with Crippen LogP contribution in [0.15, 0.2) is 42.5 Å². The Balaban J connectivity index is 2.13. The third kappa shape index (κ3) is 3.79. The van der Waals surface area contributed by atoms with Crippen LogP contribution in [0.3, 0.4) is 0 Å². The number of hydrazine groups is 1. The summed E-state index contributed by atoms with van der Waals surface area (Å²) in [5.41, 5.74) is 5.62. The van der Waals surface area contributed by atoms with E-state index in [1.165, 1.54) is 17.2 Å². The second kappa shape index (κ2) is 6.84. The summed E-state index contributed by atoms with van der Waals surface area (Å²) in [5.74, 6) is 5.30. The molecule has 2 nitrogen and oxygen atoms in total. The van der Waals surface area contributed by atoms with Crippen LogP contribution in [0.2, 0.25) is 5.02 Å². The van der Waals surface area contributed by atoms with E-state index in [1.807, 2.05) is 25.1 Å². The van der Waals surface area contributed by atoms with E-state index in [1.54, 1.807) is 12.1 Å². The largest absolute Gasteiger partial charge is 0.271 e. The van der Waals surface area contributed by atoms with Crippen molar-refractivity contribution in [2.24, 2.45) is 5.84 Å². The smallest absolute Gasteiger partial charge is 0.127 e. The van der Waals surface area contributed by atoms with Crippen LogP contribution in [0.1, 0.15) is 16.7 Å². The number of benzene rings is 2. The molecule has 3 N–H and O–H groups in total. The third-order valence-corrected chi connectivity index (χ3v) is 3.67. The molecule has 0 aliphatic heterocycles. The zero-order chi connectivity index (χ0) is 14.5. The Labute approximate surface area is 123 Å². The summed E-state index contributed by atoms with van der Waals surface area (Å²) in [4.78, 5) is 0. The standard InChI is InChI=1S/C16H18ClFN2/c1-11-4-2-5-12(8-11)9-13(20-19)10-14-15(17)6-3-7-16(14)18/h2-8,13,20H,9-10,19H2,1H3. The maximum absolute atomic E-state index is 13.8. The minimum absolute atomic E-state index is 0.0637. The lowest BCUT2D eigenvalue weighted by atomic mass is 9.98. The zero-order valence-corrected chi connectivity index (χ0v) is 12.1. The summed E-state index contributed by atoms with van der Waals surface area (Å²) >= 11 is 6.05. The lowest BCUT2D eigenvalue weighted by Gasteiger charge is -2.17. The molecule has 2 aromatic carbocycles. The highest BCUT2D eigenvalue weighted by atomic mass is 35.5. The van der Waals surface area contributed by atoms with E-state index in [0.29, 0.717) is 17.0 Å². The molecule has 0 radical (unpaired) electrons. The van der Waals surface area contributed by atoms with Gasteiger partial charge in [0, 0.05) is 16.6 Å². The van der Waals surface area contributed by atoms with E-state index < -0.39 is 0 Å². The molecule has 2 aromatic rings. The van der Waals surface area contributed by atoms with Crippen molar-refractivity contribution in [1.29, 1.82) is 0 Å². The first-order valence-electron chi connectivity index (χ1n) is 6.54. The van der Waals surface area contributed by atoms with Crippen LogP contribution in [-0.2, 0) is 12.8 Å². The summed E-state index contributed by atoms with van der Waals surface area (Å²) in [5, 5.41) is 0.439. The summed E-state index contributed by atoms with van der Waals surface area (Å²) in [6, 6.07) is 12.9. The molecule has 0 saturated carbocycles. The SMILES string of the molecule is Cc1cccc(CC(Cc2c(F)cccc2Cl)NN)c1. The first-order valence-corrected chi connectivity index (χ1v) is 6.92. The van der Waals surface area contributed by atoms with Crippen molar-refractivity contribution in [3.63, 3.8) is 0 Å². The molecule has 0 bridgehead atoms. The summed E-state index contributed by atoms with van der Waals surface area (Å²) in [6.07, 6.45) is 1.18. The molecule has 0 amide bonds. The molecule has 0 aromatic heterocycles. The Morgan fingerprint density at radius 1 is 1.20 bits per heavy atom. The van der Waals surface area contributed by atoms with E-state index >= 15 is 0 Å². The molecule has 106 valence electrons. The van der Waals surface area contributed by atoms with Gasteiger partial charge in [0.1, 0.15) is 5.82 Å². The zero-order valence-electron chi connectivity index (χ0n) is 11.4. The van der Waals surface area contributed by atoms with Crippen molar-refractivity contribution < 1.29 is 4.39 Å². The number of halogens is 2. The third-order valence-electron chi connectivity index (χ3n) is 3.31. The Morgan fingerprint density at radius 2 is 1.95 bits per heavy atom. The second-order valence-corrected chi connectivity index (χ2v) is 5.37. The number of nitrogens with one attached hydrogen (secondary N) is 1. The van der Waals surface area contributed by atoms with E-state index in [4.69, 9.17) is 17.4 Å². The minimum Gasteiger partial charge on any atom is -0.271 e. The predicted octanol–water partition coefficient (Wildman–Crippen LogP) is 3.40. The van der Waals surface area contributed by atoms with Gasteiger partial charge in [-0.3, -0.25) is 11.3 Å².